The summed E-state index contributed by atoms with van der Waals surface area (Å²) in [5.74, 6) is 0.793. The highest BCUT2D eigenvalue weighted by Crippen LogP contribution is 2.34. The largest absolute Gasteiger partial charge is 0.326 e. The number of amidine groups is 1. The molecular weight excluding hydrogens is 431 g/mol. The van der Waals surface area contributed by atoms with Crippen molar-refractivity contribution in [3.63, 3.8) is 0 Å². The Kier molecular flexibility index (Phi) is 7.12. The van der Waals surface area contributed by atoms with Gasteiger partial charge in [0.2, 0.25) is 5.91 Å². The zero-order chi connectivity index (χ0) is 24.3. The quantitative estimate of drug-likeness (QED) is 0.655. The summed E-state index contributed by atoms with van der Waals surface area (Å²) in [5.41, 5.74) is 1.86. The van der Waals surface area contributed by atoms with Gasteiger partial charge >= 0.3 is 0 Å². The number of anilines is 1. The van der Waals surface area contributed by atoms with Crippen molar-refractivity contribution in [2.24, 2.45) is 4.99 Å². The Balaban J connectivity index is 1.27. The van der Waals surface area contributed by atoms with Crippen LogP contribution >= 0.6 is 0 Å². The molecule has 180 valence electrons. The number of aliphatic imine (C=N–C) groups is 1. The molecule has 2 heterocycles. The summed E-state index contributed by atoms with van der Waals surface area (Å²) in [7, 11) is 0. The Morgan fingerprint density at radius 3 is 2.53 bits per heavy atom. The molecule has 0 unspecified atom stereocenters. The molecule has 0 aliphatic carbocycles. The SMILES string of the molecule is CC(=O)Nc1cccc(C2CCN(CCCN3C(=O)[C@@](C)(c4ccc(F)cc4)N=C3C)CC2)c1. The number of piperidine rings is 1. The van der Waals surface area contributed by atoms with E-state index in [4.69, 9.17) is 0 Å². The Morgan fingerprint density at radius 1 is 1.15 bits per heavy atom. The molecule has 2 aromatic rings. The van der Waals surface area contributed by atoms with E-state index in [0.717, 1.165) is 50.4 Å². The number of carbonyl (C=O) groups is 2. The van der Waals surface area contributed by atoms with Gasteiger partial charge in [-0.1, -0.05) is 24.3 Å². The lowest BCUT2D eigenvalue weighted by Gasteiger charge is -2.32. The lowest BCUT2D eigenvalue weighted by molar-refractivity contribution is -0.131. The number of nitrogens with zero attached hydrogens (tertiary/aromatic N) is 3. The molecule has 0 saturated carbocycles. The smallest absolute Gasteiger partial charge is 0.260 e. The van der Waals surface area contributed by atoms with Gasteiger partial charge in [0.25, 0.3) is 5.91 Å². The minimum Gasteiger partial charge on any atom is -0.326 e. The third-order valence-electron chi connectivity index (χ3n) is 6.97. The molecule has 1 atom stereocenters. The highest BCUT2D eigenvalue weighted by Gasteiger charge is 2.44. The summed E-state index contributed by atoms with van der Waals surface area (Å²) in [4.78, 5) is 33.4. The number of rotatable bonds is 7. The number of nitrogens with one attached hydrogen (secondary N) is 1. The maximum atomic E-state index is 13.3. The molecule has 1 fully saturated rings. The Bertz CT molecular complexity index is 1080. The van der Waals surface area contributed by atoms with Crippen molar-refractivity contribution in [3.8, 4) is 0 Å². The van der Waals surface area contributed by atoms with E-state index in [1.54, 1.807) is 24.0 Å². The van der Waals surface area contributed by atoms with Gasteiger partial charge in [-0.25, -0.2) is 4.39 Å². The molecule has 2 aromatic carbocycles. The van der Waals surface area contributed by atoms with E-state index < -0.39 is 5.54 Å². The van der Waals surface area contributed by atoms with Crippen LogP contribution in [-0.4, -0.2) is 53.6 Å². The second kappa shape index (κ2) is 10.1. The molecule has 2 aliphatic heterocycles. The van der Waals surface area contributed by atoms with Gasteiger partial charge in [-0.05, 0) is 94.1 Å². The van der Waals surface area contributed by atoms with Gasteiger partial charge in [-0.15, -0.1) is 0 Å². The minimum atomic E-state index is -0.984. The molecular formula is C27H33FN4O2. The third kappa shape index (κ3) is 5.20. The van der Waals surface area contributed by atoms with Crippen LogP contribution in [-0.2, 0) is 15.1 Å². The van der Waals surface area contributed by atoms with Gasteiger partial charge in [-0.2, -0.15) is 0 Å². The topological polar surface area (TPSA) is 65.0 Å². The zero-order valence-corrected chi connectivity index (χ0v) is 20.2. The van der Waals surface area contributed by atoms with Crippen molar-refractivity contribution < 1.29 is 14.0 Å². The second-order valence-electron chi connectivity index (χ2n) is 9.47. The molecule has 1 N–H and O–H groups in total. The number of likely N-dealkylation sites (tertiary alicyclic amines) is 1. The predicted octanol–water partition coefficient (Wildman–Crippen LogP) is 4.53. The first-order valence-electron chi connectivity index (χ1n) is 12.0. The molecule has 6 nitrogen and oxygen atoms in total. The van der Waals surface area contributed by atoms with E-state index >= 15 is 0 Å². The first-order valence-corrected chi connectivity index (χ1v) is 12.0. The highest BCUT2D eigenvalue weighted by atomic mass is 19.1. The van der Waals surface area contributed by atoms with Crippen molar-refractivity contribution in [1.82, 2.24) is 9.80 Å². The van der Waals surface area contributed by atoms with E-state index in [9.17, 15) is 14.0 Å². The Labute approximate surface area is 200 Å². The van der Waals surface area contributed by atoms with Gasteiger partial charge in [-0.3, -0.25) is 19.5 Å². The van der Waals surface area contributed by atoms with Crippen LogP contribution in [0.25, 0.3) is 0 Å². The predicted molar refractivity (Wildman–Crippen MR) is 132 cm³/mol. The van der Waals surface area contributed by atoms with E-state index in [2.05, 4.69) is 27.3 Å². The average molecular weight is 465 g/mol. The lowest BCUT2D eigenvalue weighted by Crippen LogP contribution is -2.41. The fraction of sp³-hybridized carbons (Fsp3) is 0.444. The van der Waals surface area contributed by atoms with Crippen molar-refractivity contribution in [2.45, 2.75) is 51.5 Å². The van der Waals surface area contributed by atoms with E-state index in [1.165, 1.54) is 24.6 Å². The molecule has 2 amide bonds. The molecule has 0 radical (unpaired) electrons. The van der Waals surface area contributed by atoms with Crippen LogP contribution < -0.4 is 5.32 Å². The second-order valence-corrected chi connectivity index (χ2v) is 9.47. The van der Waals surface area contributed by atoms with Crippen molar-refractivity contribution in [3.05, 3.63) is 65.5 Å². The fourth-order valence-corrected chi connectivity index (χ4v) is 5.08. The van der Waals surface area contributed by atoms with Crippen LogP contribution in [0.2, 0.25) is 0 Å². The molecule has 4 rings (SSSR count). The molecule has 7 heteroatoms. The van der Waals surface area contributed by atoms with Crippen molar-refractivity contribution in [1.29, 1.82) is 0 Å². The maximum Gasteiger partial charge on any atom is 0.260 e. The Hall–Kier alpha value is -3.06. The fourth-order valence-electron chi connectivity index (χ4n) is 5.08. The molecule has 0 aromatic heterocycles. The summed E-state index contributed by atoms with van der Waals surface area (Å²) in [6.07, 6.45) is 3.03. The number of benzene rings is 2. The summed E-state index contributed by atoms with van der Waals surface area (Å²) >= 11 is 0. The monoisotopic (exact) mass is 464 g/mol. The Morgan fingerprint density at radius 2 is 1.85 bits per heavy atom. The number of hydrogen-bond donors (Lipinski definition) is 1. The first-order chi connectivity index (χ1) is 16.3. The highest BCUT2D eigenvalue weighted by molar-refractivity contribution is 6.07. The van der Waals surface area contributed by atoms with Crippen molar-refractivity contribution >= 4 is 23.3 Å². The van der Waals surface area contributed by atoms with Gasteiger partial charge in [0.15, 0.2) is 5.54 Å². The summed E-state index contributed by atoms with van der Waals surface area (Å²) in [6.45, 7) is 8.79. The maximum absolute atomic E-state index is 13.3. The van der Waals surface area contributed by atoms with Crippen LogP contribution in [0.5, 0.6) is 0 Å². The minimum absolute atomic E-state index is 0.0469. The van der Waals surface area contributed by atoms with Gasteiger partial charge < -0.3 is 10.2 Å². The molecule has 2 aliphatic rings. The number of amides is 2. The normalized spacial score (nSPS) is 21.6. The zero-order valence-electron chi connectivity index (χ0n) is 20.2. The van der Waals surface area contributed by atoms with Crippen LogP contribution in [0.1, 0.15) is 57.1 Å². The lowest BCUT2D eigenvalue weighted by atomic mass is 9.89. The number of carbonyl (C=O) groups excluding carboxylic acids is 2. The van der Waals surface area contributed by atoms with E-state index in [-0.39, 0.29) is 17.6 Å². The van der Waals surface area contributed by atoms with Crippen LogP contribution in [0.3, 0.4) is 0 Å². The summed E-state index contributed by atoms with van der Waals surface area (Å²) < 4.78 is 13.3. The average Bonchev–Trinajstić information content (AvgIpc) is 3.03. The summed E-state index contributed by atoms with van der Waals surface area (Å²) in [6, 6.07) is 14.2. The first kappa shape index (κ1) is 24.1. The van der Waals surface area contributed by atoms with E-state index in [1.807, 2.05) is 19.1 Å². The summed E-state index contributed by atoms with van der Waals surface area (Å²) in [5, 5.41) is 2.87. The van der Waals surface area contributed by atoms with Crippen LogP contribution in [0.4, 0.5) is 10.1 Å². The third-order valence-corrected chi connectivity index (χ3v) is 6.97. The standard InChI is InChI=1S/C27H33FN4O2/c1-19-30-27(3,23-8-10-24(28)11-9-23)26(34)32(19)15-5-14-31-16-12-21(13-17-31)22-6-4-7-25(18-22)29-20(2)33/h4,6-11,18,21H,5,12-17H2,1-3H3,(H,29,33)/t27-/m1/s1. The number of hydrogen-bond acceptors (Lipinski definition) is 4. The molecule has 0 spiro atoms. The molecule has 34 heavy (non-hydrogen) atoms. The van der Waals surface area contributed by atoms with E-state index in [0.29, 0.717) is 18.0 Å². The van der Waals surface area contributed by atoms with Crippen LogP contribution in [0.15, 0.2) is 53.5 Å². The number of halogens is 1. The van der Waals surface area contributed by atoms with Gasteiger partial charge in [0.05, 0.1) is 0 Å². The molecule has 1 saturated heterocycles. The molecule has 0 bridgehead atoms. The van der Waals surface area contributed by atoms with Gasteiger partial charge in [0.1, 0.15) is 11.7 Å². The van der Waals surface area contributed by atoms with Gasteiger partial charge in [0, 0.05) is 19.2 Å². The van der Waals surface area contributed by atoms with Crippen molar-refractivity contribution in [2.75, 3.05) is 31.5 Å². The van der Waals surface area contributed by atoms with Crippen LogP contribution in [0, 0.1) is 5.82 Å².